The highest BCUT2D eigenvalue weighted by Crippen LogP contribution is 2.42. The van der Waals surface area contributed by atoms with E-state index in [1.165, 1.54) is 5.56 Å². The Kier molecular flexibility index (Phi) is 6.49. The molecule has 0 spiro atoms. The van der Waals surface area contributed by atoms with Crippen molar-refractivity contribution < 1.29 is 9.59 Å². The molecule has 4 rings (SSSR count). The number of hydrogen-bond donors (Lipinski definition) is 1. The van der Waals surface area contributed by atoms with Crippen LogP contribution in [0.25, 0.3) is 0 Å². The molecule has 0 aliphatic carbocycles. The van der Waals surface area contributed by atoms with E-state index in [1.54, 1.807) is 23.9 Å². The zero-order valence-corrected chi connectivity index (χ0v) is 19.7. The first kappa shape index (κ1) is 21.7. The summed E-state index contributed by atoms with van der Waals surface area (Å²) < 4.78 is 0.926. The molecule has 6 heteroatoms. The van der Waals surface area contributed by atoms with Gasteiger partial charge in [0, 0.05) is 21.4 Å². The van der Waals surface area contributed by atoms with Crippen LogP contribution in [0.1, 0.15) is 46.6 Å². The summed E-state index contributed by atoms with van der Waals surface area (Å²) in [7, 11) is 0. The third-order valence-electron chi connectivity index (χ3n) is 5.24. The van der Waals surface area contributed by atoms with Gasteiger partial charge in [-0.1, -0.05) is 54.0 Å². The van der Waals surface area contributed by atoms with E-state index in [-0.39, 0.29) is 17.2 Å². The lowest BCUT2D eigenvalue weighted by atomic mass is 10.0. The molecule has 0 aromatic heterocycles. The lowest BCUT2D eigenvalue weighted by Gasteiger charge is -2.25. The number of hydrogen-bond acceptors (Lipinski definition) is 3. The van der Waals surface area contributed by atoms with Crippen molar-refractivity contribution in [3.05, 3.63) is 94.0 Å². The maximum Gasteiger partial charge on any atom is 0.255 e. The SMILES string of the molecule is CC(C)c1ccc(N2C(=O)CS[C@@H]2c2cccc(NC(=O)c3ccc(Br)cc3)c2)cc1. The van der Waals surface area contributed by atoms with Crippen molar-refractivity contribution in [1.82, 2.24) is 0 Å². The van der Waals surface area contributed by atoms with Gasteiger partial charge in [-0.25, -0.2) is 0 Å². The summed E-state index contributed by atoms with van der Waals surface area (Å²) in [6.45, 7) is 4.31. The number of benzene rings is 3. The number of nitrogens with zero attached hydrogens (tertiary/aromatic N) is 1. The van der Waals surface area contributed by atoms with E-state index >= 15 is 0 Å². The third kappa shape index (κ3) is 4.86. The second kappa shape index (κ2) is 9.28. The summed E-state index contributed by atoms with van der Waals surface area (Å²) in [5.41, 5.74) is 4.43. The highest BCUT2D eigenvalue weighted by Gasteiger charge is 2.34. The molecule has 3 aromatic carbocycles. The van der Waals surface area contributed by atoms with E-state index in [9.17, 15) is 9.59 Å². The fraction of sp³-hybridized carbons (Fsp3) is 0.200. The molecule has 1 atom stereocenters. The number of carbonyl (C=O) groups is 2. The summed E-state index contributed by atoms with van der Waals surface area (Å²) >= 11 is 4.98. The first-order valence-corrected chi connectivity index (χ1v) is 12.0. The largest absolute Gasteiger partial charge is 0.322 e. The number of halogens is 1. The number of thioether (sulfide) groups is 1. The van der Waals surface area contributed by atoms with Crippen molar-refractivity contribution in [3.8, 4) is 0 Å². The smallest absolute Gasteiger partial charge is 0.255 e. The summed E-state index contributed by atoms with van der Waals surface area (Å²) in [5, 5.41) is 2.84. The summed E-state index contributed by atoms with van der Waals surface area (Å²) in [5.74, 6) is 0.809. The van der Waals surface area contributed by atoms with Gasteiger partial charge in [-0.05, 0) is 65.6 Å². The standard InChI is InChI=1S/C25H23BrN2O2S/c1-16(2)17-8-12-22(13-9-17)28-23(29)15-31-25(28)19-4-3-5-21(14-19)27-24(30)18-6-10-20(26)11-7-18/h3-14,16,25H,15H2,1-2H3,(H,27,30)/t25-/m1/s1. The van der Waals surface area contributed by atoms with Crippen molar-refractivity contribution in [2.24, 2.45) is 0 Å². The Morgan fingerprint density at radius 3 is 2.45 bits per heavy atom. The number of carbonyl (C=O) groups excluding carboxylic acids is 2. The molecule has 0 radical (unpaired) electrons. The third-order valence-corrected chi connectivity index (χ3v) is 6.98. The highest BCUT2D eigenvalue weighted by atomic mass is 79.9. The van der Waals surface area contributed by atoms with Gasteiger partial charge in [0.15, 0.2) is 0 Å². The van der Waals surface area contributed by atoms with Crippen LogP contribution in [0.2, 0.25) is 0 Å². The van der Waals surface area contributed by atoms with Gasteiger partial charge in [0.2, 0.25) is 5.91 Å². The molecule has 158 valence electrons. The maximum atomic E-state index is 12.7. The van der Waals surface area contributed by atoms with Crippen LogP contribution >= 0.6 is 27.7 Å². The van der Waals surface area contributed by atoms with E-state index < -0.39 is 0 Å². The number of anilines is 2. The number of nitrogens with one attached hydrogen (secondary N) is 1. The minimum atomic E-state index is -0.166. The Labute approximate surface area is 195 Å². The molecule has 1 fully saturated rings. The first-order chi connectivity index (χ1) is 14.9. The van der Waals surface area contributed by atoms with E-state index in [4.69, 9.17) is 0 Å². The molecule has 0 saturated carbocycles. The number of amides is 2. The first-order valence-electron chi connectivity index (χ1n) is 10.1. The van der Waals surface area contributed by atoms with Gasteiger partial charge in [0.1, 0.15) is 5.37 Å². The predicted octanol–water partition coefficient (Wildman–Crippen LogP) is 6.60. The lowest BCUT2D eigenvalue weighted by Crippen LogP contribution is -2.27. The van der Waals surface area contributed by atoms with Gasteiger partial charge < -0.3 is 5.32 Å². The maximum absolute atomic E-state index is 12.7. The van der Waals surface area contributed by atoms with E-state index in [2.05, 4.69) is 47.2 Å². The zero-order chi connectivity index (χ0) is 22.0. The molecular weight excluding hydrogens is 472 g/mol. The van der Waals surface area contributed by atoms with E-state index in [0.717, 1.165) is 15.7 Å². The Balaban J connectivity index is 1.56. The molecule has 0 unspecified atom stereocenters. The van der Waals surface area contributed by atoms with Crippen LogP contribution < -0.4 is 10.2 Å². The average Bonchev–Trinajstić information content (AvgIpc) is 3.16. The second-order valence-electron chi connectivity index (χ2n) is 7.76. The van der Waals surface area contributed by atoms with Gasteiger partial charge >= 0.3 is 0 Å². The Hall–Kier alpha value is -2.57. The van der Waals surface area contributed by atoms with Gasteiger partial charge in [0.25, 0.3) is 5.91 Å². The molecule has 1 aliphatic heterocycles. The molecule has 1 N–H and O–H groups in total. The zero-order valence-electron chi connectivity index (χ0n) is 17.3. The van der Waals surface area contributed by atoms with Gasteiger partial charge in [0.05, 0.1) is 5.75 Å². The Morgan fingerprint density at radius 2 is 1.77 bits per heavy atom. The monoisotopic (exact) mass is 494 g/mol. The topological polar surface area (TPSA) is 49.4 Å². The van der Waals surface area contributed by atoms with Crippen LogP contribution in [-0.4, -0.2) is 17.6 Å². The van der Waals surface area contributed by atoms with Crippen LogP contribution in [0.15, 0.2) is 77.3 Å². The molecule has 0 bridgehead atoms. The molecule has 3 aromatic rings. The summed E-state index contributed by atoms with van der Waals surface area (Å²) in [6, 6.07) is 23.2. The number of rotatable bonds is 5. The molecule has 1 heterocycles. The predicted molar refractivity (Wildman–Crippen MR) is 132 cm³/mol. The molecule has 4 nitrogen and oxygen atoms in total. The lowest BCUT2D eigenvalue weighted by molar-refractivity contribution is -0.115. The van der Waals surface area contributed by atoms with Gasteiger partial charge in [-0.15, -0.1) is 11.8 Å². The average molecular weight is 495 g/mol. The summed E-state index contributed by atoms with van der Waals surface area (Å²) in [4.78, 5) is 27.1. The van der Waals surface area contributed by atoms with Crippen LogP contribution in [0.4, 0.5) is 11.4 Å². The van der Waals surface area contributed by atoms with E-state index in [1.807, 2.05) is 53.4 Å². The van der Waals surface area contributed by atoms with Crippen LogP contribution in [0, 0.1) is 0 Å². The fourth-order valence-electron chi connectivity index (χ4n) is 3.54. The van der Waals surface area contributed by atoms with Crippen molar-refractivity contribution in [3.63, 3.8) is 0 Å². The highest BCUT2D eigenvalue weighted by molar-refractivity contribution is 9.10. The van der Waals surface area contributed by atoms with Crippen molar-refractivity contribution in [1.29, 1.82) is 0 Å². The second-order valence-corrected chi connectivity index (χ2v) is 9.74. The molecule has 31 heavy (non-hydrogen) atoms. The molecule has 1 saturated heterocycles. The molecule has 2 amide bonds. The van der Waals surface area contributed by atoms with Crippen LogP contribution in [0.3, 0.4) is 0 Å². The van der Waals surface area contributed by atoms with E-state index in [0.29, 0.717) is 22.9 Å². The van der Waals surface area contributed by atoms with Gasteiger partial charge in [-0.2, -0.15) is 0 Å². The summed E-state index contributed by atoms with van der Waals surface area (Å²) in [6.07, 6.45) is 0. The fourth-order valence-corrected chi connectivity index (χ4v) is 4.98. The minimum absolute atomic E-state index is 0.0941. The van der Waals surface area contributed by atoms with Crippen molar-refractivity contribution in [2.45, 2.75) is 25.1 Å². The van der Waals surface area contributed by atoms with Crippen molar-refractivity contribution >= 4 is 50.9 Å². The van der Waals surface area contributed by atoms with Gasteiger partial charge in [-0.3, -0.25) is 14.5 Å². The minimum Gasteiger partial charge on any atom is -0.322 e. The van der Waals surface area contributed by atoms with Crippen molar-refractivity contribution in [2.75, 3.05) is 16.0 Å². The van der Waals surface area contributed by atoms with Crippen LogP contribution in [-0.2, 0) is 4.79 Å². The van der Waals surface area contributed by atoms with Crippen LogP contribution in [0.5, 0.6) is 0 Å². The quantitative estimate of drug-likeness (QED) is 0.434. The normalized spacial score (nSPS) is 16.1. The molecular formula is C25H23BrN2O2S. The Morgan fingerprint density at radius 1 is 1.06 bits per heavy atom. The molecule has 1 aliphatic rings. The Bertz CT molecular complexity index is 1100.